The number of nitrogens with zero attached hydrogens (tertiary/aromatic N) is 2. The van der Waals surface area contributed by atoms with Gasteiger partial charge in [-0.3, -0.25) is 4.68 Å². The maximum atomic E-state index is 14.0. The lowest BCUT2D eigenvalue weighted by atomic mass is 10.1. The molecule has 0 aliphatic heterocycles. The van der Waals surface area contributed by atoms with Gasteiger partial charge in [0.2, 0.25) is 0 Å². The third-order valence-corrected chi connectivity index (χ3v) is 4.11. The summed E-state index contributed by atoms with van der Waals surface area (Å²) >= 11 is 14.7. The van der Waals surface area contributed by atoms with E-state index < -0.39 is 22.7 Å². The van der Waals surface area contributed by atoms with Crippen molar-refractivity contribution in [2.45, 2.75) is 11.5 Å². The van der Waals surface area contributed by atoms with Crippen LogP contribution in [0.2, 0.25) is 10.0 Å². The standard InChI is InChI=1S/C12H7BrCl2F4N2/c1-21-11(12(17,18)19)9(15)10(20-21)6-2-5(4-13)7(14)3-8(6)16/h2-3H,4H2,1H3. The van der Waals surface area contributed by atoms with Crippen molar-refractivity contribution < 1.29 is 17.6 Å². The van der Waals surface area contributed by atoms with Crippen LogP contribution in [0.4, 0.5) is 17.6 Å². The predicted octanol–water partition coefficient (Wildman–Crippen LogP) is 5.45. The number of rotatable bonds is 2. The first-order valence-electron chi connectivity index (χ1n) is 5.50. The Morgan fingerprint density at radius 1 is 1.29 bits per heavy atom. The van der Waals surface area contributed by atoms with E-state index in [4.69, 9.17) is 23.2 Å². The van der Waals surface area contributed by atoms with Crippen molar-refractivity contribution in [3.8, 4) is 11.3 Å². The van der Waals surface area contributed by atoms with Crippen molar-refractivity contribution >= 4 is 39.1 Å². The predicted molar refractivity (Wildman–Crippen MR) is 76.3 cm³/mol. The third-order valence-electron chi connectivity index (χ3n) is 2.79. The van der Waals surface area contributed by atoms with Gasteiger partial charge in [-0.1, -0.05) is 39.1 Å². The summed E-state index contributed by atoms with van der Waals surface area (Å²) in [6.45, 7) is 0. The fraction of sp³-hybridized carbons (Fsp3) is 0.250. The summed E-state index contributed by atoms with van der Waals surface area (Å²) in [6, 6.07) is 2.34. The lowest BCUT2D eigenvalue weighted by molar-refractivity contribution is -0.143. The zero-order valence-corrected chi connectivity index (χ0v) is 13.5. The summed E-state index contributed by atoms with van der Waals surface area (Å²) in [7, 11) is 1.09. The molecule has 0 amide bonds. The number of hydrogen-bond donors (Lipinski definition) is 0. The molecule has 1 heterocycles. The van der Waals surface area contributed by atoms with E-state index in [9.17, 15) is 17.6 Å². The number of hydrogen-bond acceptors (Lipinski definition) is 1. The Kier molecular flexibility index (Phi) is 4.56. The summed E-state index contributed by atoms with van der Waals surface area (Å²) in [5.41, 5.74) is -1.02. The van der Waals surface area contributed by atoms with Crippen LogP contribution in [-0.2, 0) is 18.6 Å². The molecule has 0 spiro atoms. The summed E-state index contributed by atoms with van der Waals surface area (Å²) in [5.74, 6) is -0.793. The Hall–Kier alpha value is -0.790. The second kappa shape index (κ2) is 5.78. The van der Waals surface area contributed by atoms with E-state index in [-0.39, 0.29) is 16.3 Å². The number of halogens is 7. The van der Waals surface area contributed by atoms with Crippen LogP contribution in [-0.4, -0.2) is 9.78 Å². The second-order valence-corrected chi connectivity index (χ2v) is 5.54. The quantitative estimate of drug-likeness (QED) is 0.480. The topological polar surface area (TPSA) is 17.8 Å². The second-order valence-electron chi connectivity index (χ2n) is 4.19. The normalized spacial score (nSPS) is 12.0. The van der Waals surface area contributed by atoms with Gasteiger partial charge in [0.05, 0.1) is 5.02 Å². The van der Waals surface area contributed by atoms with E-state index in [0.717, 1.165) is 13.1 Å². The van der Waals surface area contributed by atoms with E-state index in [0.29, 0.717) is 15.6 Å². The van der Waals surface area contributed by atoms with Gasteiger partial charge in [-0.05, 0) is 17.7 Å². The van der Waals surface area contributed by atoms with E-state index in [2.05, 4.69) is 21.0 Å². The molecule has 0 bridgehead atoms. The molecule has 21 heavy (non-hydrogen) atoms. The molecule has 0 radical (unpaired) electrons. The molecule has 0 aliphatic carbocycles. The molecule has 114 valence electrons. The molecule has 0 unspecified atom stereocenters. The maximum absolute atomic E-state index is 14.0. The van der Waals surface area contributed by atoms with Gasteiger partial charge in [-0.15, -0.1) is 0 Å². The molecule has 9 heteroatoms. The molecular weight excluding hydrogens is 399 g/mol. The average molecular weight is 406 g/mol. The molecule has 0 N–H and O–H groups in total. The van der Waals surface area contributed by atoms with Gasteiger partial charge in [0.15, 0.2) is 5.69 Å². The van der Waals surface area contributed by atoms with Gasteiger partial charge in [0.25, 0.3) is 0 Å². The van der Waals surface area contributed by atoms with Gasteiger partial charge < -0.3 is 0 Å². The summed E-state index contributed by atoms with van der Waals surface area (Å²) in [4.78, 5) is 0. The highest BCUT2D eigenvalue weighted by Gasteiger charge is 2.39. The summed E-state index contributed by atoms with van der Waals surface area (Å²) in [5, 5.41) is 3.51. The van der Waals surface area contributed by atoms with Gasteiger partial charge in [0.1, 0.15) is 11.5 Å². The van der Waals surface area contributed by atoms with Crippen molar-refractivity contribution in [3.63, 3.8) is 0 Å². The van der Waals surface area contributed by atoms with Crippen LogP contribution in [0.3, 0.4) is 0 Å². The molecule has 2 rings (SSSR count). The molecule has 0 saturated heterocycles. The van der Waals surface area contributed by atoms with E-state index in [1.54, 1.807) is 0 Å². The molecule has 0 saturated carbocycles. The molecule has 2 nitrogen and oxygen atoms in total. The monoisotopic (exact) mass is 404 g/mol. The lowest BCUT2D eigenvalue weighted by Crippen LogP contribution is -2.12. The molecule has 1 aromatic heterocycles. The Morgan fingerprint density at radius 3 is 2.38 bits per heavy atom. The van der Waals surface area contributed by atoms with Crippen LogP contribution in [0, 0.1) is 5.82 Å². The van der Waals surface area contributed by atoms with Crippen LogP contribution in [0.25, 0.3) is 11.3 Å². The highest BCUT2D eigenvalue weighted by atomic mass is 79.9. The largest absolute Gasteiger partial charge is 0.434 e. The minimum absolute atomic E-state index is 0.134. The van der Waals surface area contributed by atoms with Crippen molar-refractivity contribution in [1.29, 1.82) is 0 Å². The Balaban J connectivity index is 2.69. The zero-order valence-electron chi connectivity index (χ0n) is 10.4. The molecule has 2 aromatic rings. The van der Waals surface area contributed by atoms with Crippen molar-refractivity contribution in [2.24, 2.45) is 7.05 Å². The smallest absolute Gasteiger partial charge is 0.262 e. The number of aryl methyl sites for hydroxylation is 1. The van der Waals surface area contributed by atoms with Crippen LogP contribution < -0.4 is 0 Å². The first-order chi connectivity index (χ1) is 9.66. The first-order valence-corrected chi connectivity index (χ1v) is 7.38. The van der Waals surface area contributed by atoms with Crippen molar-refractivity contribution in [1.82, 2.24) is 9.78 Å². The Bertz CT molecular complexity index is 698. The van der Waals surface area contributed by atoms with E-state index in [1.165, 1.54) is 6.07 Å². The summed E-state index contributed by atoms with van der Waals surface area (Å²) < 4.78 is 53.2. The molecule has 1 aromatic carbocycles. The first kappa shape index (κ1) is 16.6. The average Bonchev–Trinajstić information content (AvgIpc) is 2.64. The van der Waals surface area contributed by atoms with Gasteiger partial charge in [-0.25, -0.2) is 4.39 Å². The zero-order chi connectivity index (χ0) is 15.9. The third kappa shape index (κ3) is 3.05. The molecular formula is C12H7BrCl2F4N2. The number of alkyl halides is 4. The number of aromatic nitrogens is 2. The van der Waals surface area contributed by atoms with Crippen LogP contribution in [0.1, 0.15) is 11.3 Å². The van der Waals surface area contributed by atoms with Crippen LogP contribution >= 0.6 is 39.1 Å². The minimum Gasteiger partial charge on any atom is -0.262 e. The highest BCUT2D eigenvalue weighted by molar-refractivity contribution is 9.08. The Labute approximate surface area is 135 Å². The fourth-order valence-electron chi connectivity index (χ4n) is 1.86. The summed E-state index contributed by atoms with van der Waals surface area (Å²) in [6.07, 6.45) is -4.68. The molecule has 0 fully saturated rings. The van der Waals surface area contributed by atoms with E-state index in [1.807, 2.05) is 0 Å². The lowest BCUT2D eigenvalue weighted by Gasteiger charge is -2.07. The molecule has 0 aliphatic rings. The van der Waals surface area contributed by atoms with Crippen LogP contribution in [0.5, 0.6) is 0 Å². The van der Waals surface area contributed by atoms with Gasteiger partial charge in [-0.2, -0.15) is 18.3 Å². The minimum atomic E-state index is -4.68. The van der Waals surface area contributed by atoms with Crippen LogP contribution in [0.15, 0.2) is 12.1 Å². The van der Waals surface area contributed by atoms with Crippen molar-refractivity contribution in [3.05, 3.63) is 39.3 Å². The van der Waals surface area contributed by atoms with Gasteiger partial charge >= 0.3 is 6.18 Å². The Morgan fingerprint density at radius 2 is 1.90 bits per heavy atom. The number of benzene rings is 1. The SMILES string of the molecule is Cn1nc(-c2cc(CBr)c(Cl)cc2F)c(Cl)c1C(F)(F)F. The fourth-order valence-corrected chi connectivity index (χ4v) is 3.07. The van der Waals surface area contributed by atoms with Gasteiger partial charge in [0, 0.05) is 23.0 Å². The highest BCUT2D eigenvalue weighted by Crippen LogP contribution is 2.40. The molecule has 0 atom stereocenters. The van der Waals surface area contributed by atoms with Crippen molar-refractivity contribution in [2.75, 3.05) is 0 Å². The maximum Gasteiger partial charge on any atom is 0.434 e. The van der Waals surface area contributed by atoms with E-state index >= 15 is 0 Å².